The third-order valence-electron chi connectivity index (χ3n) is 2.51. The Morgan fingerprint density at radius 3 is 2.26 bits per heavy atom. The minimum absolute atomic E-state index is 0.209. The molecule has 1 aromatic carbocycles. The number of benzene rings is 1. The molecule has 0 saturated heterocycles. The first-order valence-electron chi connectivity index (χ1n) is 6.21. The summed E-state index contributed by atoms with van der Waals surface area (Å²) >= 11 is 1.42. The molecule has 0 spiro atoms. The van der Waals surface area contributed by atoms with Gasteiger partial charge < -0.3 is 5.32 Å². The lowest BCUT2D eigenvalue weighted by molar-refractivity contribution is -0.138. The maximum absolute atomic E-state index is 13.1. The molecule has 0 aliphatic rings. The smallest absolute Gasteiger partial charge is 0.308 e. The molecule has 0 aliphatic heterocycles. The van der Waals surface area contributed by atoms with Gasteiger partial charge in [-0.3, -0.25) is 0 Å². The summed E-state index contributed by atoms with van der Waals surface area (Å²) in [7, 11) is 0. The summed E-state index contributed by atoms with van der Waals surface area (Å²) in [5, 5.41) is 3.10. The normalized spacial score (nSPS) is 12.8. The van der Waals surface area contributed by atoms with Crippen molar-refractivity contribution in [1.82, 2.24) is 5.32 Å². The minimum atomic E-state index is -4.31. The van der Waals surface area contributed by atoms with Crippen molar-refractivity contribution in [3.63, 3.8) is 0 Å². The van der Waals surface area contributed by atoms with Gasteiger partial charge in [-0.25, -0.2) is 0 Å². The highest BCUT2D eigenvalue weighted by Gasteiger charge is 2.33. The fourth-order valence-electron chi connectivity index (χ4n) is 1.59. The van der Waals surface area contributed by atoms with E-state index in [0.717, 1.165) is 5.75 Å². The molecule has 0 aliphatic carbocycles. The van der Waals surface area contributed by atoms with Crippen molar-refractivity contribution in [1.29, 1.82) is 0 Å². The lowest BCUT2D eigenvalue weighted by Gasteiger charge is -2.22. The molecule has 0 radical (unpaired) electrons. The zero-order valence-corrected chi connectivity index (χ0v) is 12.5. The molecule has 0 heterocycles. The fourth-order valence-corrected chi connectivity index (χ4v) is 2.29. The summed E-state index contributed by atoms with van der Waals surface area (Å²) in [5.41, 5.74) is -0.453. The van der Waals surface area contributed by atoms with Crippen molar-refractivity contribution in [2.24, 2.45) is 0 Å². The lowest BCUT2D eigenvalue weighted by atomic mass is 10.0. The average molecular weight is 291 g/mol. The van der Waals surface area contributed by atoms with E-state index in [1.54, 1.807) is 12.1 Å². The molecule has 19 heavy (non-hydrogen) atoms. The summed E-state index contributed by atoms with van der Waals surface area (Å²) in [4.78, 5) is 0.661. The number of nitrogens with one attached hydrogen (secondary N) is 1. The van der Waals surface area contributed by atoms with E-state index in [2.05, 4.69) is 5.32 Å². The Morgan fingerprint density at radius 2 is 1.79 bits per heavy atom. The Hall–Kier alpha value is -0.680. The molecule has 1 aromatic rings. The Bertz CT molecular complexity index is 422. The van der Waals surface area contributed by atoms with Crippen molar-refractivity contribution >= 4 is 11.8 Å². The Kier molecular flexibility index (Phi) is 5.33. The number of hydrogen-bond acceptors (Lipinski definition) is 2. The second-order valence-corrected chi connectivity index (χ2v) is 6.69. The van der Waals surface area contributed by atoms with Crippen molar-refractivity contribution < 1.29 is 13.2 Å². The largest absolute Gasteiger partial charge is 0.416 e. The van der Waals surface area contributed by atoms with Crippen LogP contribution in [0.3, 0.4) is 0 Å². The fraction of sp³-hybridized carbons (Fsp3) is 0.571. The molecule has 0 aromatic heterocycles. The molecular formula is C14H20F3NS. The van der Waals surface area contributed by atoms with Crippen LogP contribution in [0, 0.1) is 0 Å². The maximum Gasteiger partial charge on any atom is 0.416 e. The second kappa shape index (κ2) is 6.18. The Balaban J connectivity index is 3.03. The van der Waals surface area contributed by atoms with Crippen LogP contribution in [0.15, 0.2) is 23.1 Å². The van der Waals surface area contributed by atoms with Gasteiger partial charge in [0.25, 0.3) is 0 Å². The van der Waals surface area contributed by atoms with Crippen molar-refractivity contribution in [2.45, 2.75) is 50.9 Å². The van der Waals surface area contributed by atoms with Gasteiger partial charge in [0.05, 0.1) is 5.56 Å². The van der Waals surface area contributed by atoms with E-state index >= 15 is 0 Å². The molecule has 0 saturated carbocycles. The van der Waals surface area contributed by atoms with Crippen LogP contribution >= 0.6 is 11.8 Å². The second-order valence-electron chi connectivity index (χ2n) is 5.35. The van der Waals surface area contributed by atoms with Crippen LogP contribution in [0.2, 0.25) is 0 Å². The van der Waals surface area contributed by atoms with Gasteiger partial charge in [0.1, 0.15) is 0 Å². The van der Waals surface area contributed by atoms with Gasteiger partial charge >= 0.3 is 6.18 Å². The summed E-state index contributed by atoms with van der Waals surface area (Å²) < 4.78 is 39.2. The summed E-state index contributed by atoms with van der Waals surface area (Å²) in [6.07, 6.45) is -4.31. The topological polar surface area (TPSA) is 12.0 Å². The van der Waals surface area contributed by atoms with Crippen molar-refractivity contribution in [3.05, 3.63) is 29.3 Å². The van der Waals surface area contributed by atoms with E-state index in [9.17, 15) is 13.2 Å². The minimum Gasteiger partial charge on any atom is -0.308 e. The molecule has 1 rings (SSSR count). The number of halogens is 3. The first-order valence-corrected chi connectivity index (χ1v) is 7.20. The molecule has 0 fully saturated rings. The van der Waals surface area contributed by atoms with Crippen LogP contribution in [0.25, 0.3) is 0 Å². The highest BCUT2D eigenvalue weighted by molar-refractivity contribution is 7.99. The summed E-state index contributed by atoms with van der Waals surface area (Å²) in [5.74, 6) is 0.761. The van der Waals surface area contributed by atoms with E-state index in [4.69, 9.17) is 0 Å². The Morgan fingerprint density at radius 1 is 1.16 bits per heavy atom. The van der Waals surface area contributed by atoms with E-state index in [0.29, 0.717) is 10.5 Å². The predicted molar refractivity (Wildman–Crippen MR) is 74.4 cm³/mol. The van der Waals surface area contributed by atoms with Crippen LogP contribution < -0.4 is 5.32 Å². The highest BCUT2D eigenvalue weighted by Crippen LogP contribution is 2.35. The molecule has 0 amide bonds. The summed E-state index contributed by atoms with van der Waals surface area (Å²) in [6.45, 7) is 7.94. The van der Waals surface area contributed by atoms with Crippen LogP contribution in [0.5, 0.6) is 0 Å². The highest BCUT2D eigenvalue weighted by atomic mass is 32.2. The zero-order valence-electron chi connectivity index (χ0n) is 11.7. The van der Waals surface area contributed by atoms with Gasteiger partial charge in [0, 0.05) is 17.0 Å². The van der Waals surface area contributed by atoms with Crippen molar-refractivity contribution in [2.75, 3.05) is 5.75 Å². The van der Waals surface area contributed by atoms with E-state index in [-0.39, 0.29) is 12.1 Å². The molecule has 1 N–H and O–H groups in total. The van der Waals surface area contributed by atoms with Gasteiger partial charge in [0.15, 0.2) is 0 Å². The first kappa shape index (κ1) is 16.4. The molecule has 0 unspecified atom stereocenters. The third-order valence-corrected chi connectivity index (χ3v) is 3.38. The zero-order chi connectivity index (χ0) is 14.7. The molecule has 0 atom stereocenters. The van der Waals surface area contributed by atoms with Crippen LogP contribution in [0.4, 0.5) is 13.2 Å². The number of alkyl halides is 3. The Labute approximate surface area is 117 Å². The lowest BCUT2D eigenvalue weighted by Crippen LogP contribution is -2.35. The van der Waals surface area contributed by atoms with E-state index in [1.165, 1.54) is 17.8 Å². The molecule has 1 nitrogen and oxygen atoms in total. The van der Waals surface area contributed by atoms with Gasteiger partial charge in [-0.05, 0) is 44.2 Å². The number of hydrogen-bond donors (Lipinski definition) is 1. The monoisotopic (exact) mass is 291 g/mol. The number of rotatable bonds is 4. The first-order chi connectivity index (χ1) is 8.63. The third kappa shape index (κ3) is 5.45. The molecular weight excluding hydrogens is 271 g/mol. The van der Waals surface area contributed by atoms with E-state index in [1.807, 2.05) is 27.7 Å². The molecule has 5 heteroatoms. The van der Waals surface area contributed by atoms with Gasteiger partial charge in [-0.2, -0.15) is 13.2 Å². The quantitative estimate of drug-likeness (QED) is 0.807. The van der Waals surface area contributed by atoms with Crippen LogP contribution in [0.1, 0.15) is 38.8 Å². The van der Waals surface area contributed by atoms with Crippen LogP contribution in [-0.4, -0.2) is 11.3 Å². The predicted octanol–water partition coefficient (Wildman–Crippen LogP) is 4.71. The van der Waals surface area contributed by atoms with Crippen molar-refractivity contribution in [3.8, 4) is 0 Å². The average Bonchev–Trinajstić information content (AvgIpc) is 2.25. The standard InChI is InChI=1S/C14H20F3NS/c1-5-19-11-7-6-10(9-18-13(2,3)4)12(8-11)14(15,16)17/h6-8,18H,5,9H2,1-4H3. The van der Waals surface area contributed by atoms with Crippen LogP contribution in [-0.2, 0) is 12.7 Å². The van der Waals surface area contributed by atoms with Gasteiger partial charge in [-0.15, -0.1) is 11.8 Å². The van der Waals surface area contributed by atoms with Gasteiger partial charge in [-0.1, -0.05) is 13.0 Å². The maximum atomic E-state index is 13.1. The number of thioether (sulfide) groups is 1. The van der Waals surface area contributed by atoms with Gasteiger partial charge in [0.2, 0.25) is 0 Å². The molecule has 108 valence electrons. The SMILES string of the molecule is CCSc1ccc(CNC(C)(C)C)c(C(F)(F)F)c1. The van der Waals surface area contributed by atoms with E-state index < -0.39 is 11.7 Å². The molecule has 0 bridgehead atoms. The summed E-state index contributed by atoms with van der Waals surface area (Å²) in [6, 6.07) is 4.57.